The molecule has 1 atom stereocenters. The van der Waals surface area contributed by atoms with Gasteiger partial charge in [0.05, 0.1) is 6.10 Å². The fourth-order valence-electron chi connectivity index (χ4n) is 2.59. The summed E-state index contributed by atoms with van der Waals surface area (Å²) in [5, 5.41) is 13.4. The average Bonchev–Trinajstić information content (AvgIpc) is 2.69. The molecule has 0 fully saturated rings. The molecule has 0 spiro atoms. The number of nitrogens with one attached hydrogen (secondary N) is 1. The SMILES string of the molecule is O[C@@H](CNCc1ccc(OCc2ccccc2)cc1)c1ccccc1. The first kappa shape index (κ1) is 17.2. The van der Waals surface area contributed by atoms with Crippen molar-refractivity contribution in [1.29, 1.82) is 0 Å². The Labute approximate surface area is 148 Å². The van der Waals surface area contributed by atoms with E-state index in [2.05, 4.69) is 17.4 Å². The molecule has 0 radical (unpaired) electrons. The number of hydrogen-bond donors (Lipinski definition) is 2. The highest BCUT2D eigenvalue weighted by Gasteiger charge is 2.05. The van der Waals surface area contributed by atoms with Crippen molar-refractivity contribution < 1.29 is 9.84 Å². The fraction of sp³-hybridized carbons (Fsp3) is 0.182. The maximum absolute atomic E-state index is 10.1. The molecular formula is C22H23NO2. The van der Waals surface area contributed by atoms with Gasteiger partial charge in [0.25, 0.3) is 0 Å². The summed E-state index contributed by atoms with van der Waals surface area (Å²) in [7, 11) is 0. The van der Waals surface area contributed by atoms with Gasteiger partial charge in [-0.15, -0.1) is 0 Å². The van der Waals surface area contributed by atoms with E-state index in [0.717, 1.165) is 22.4 Å². The molecule has 0 unspecified atom stereocenters. The van der Waals surface area contributed by atoms with Gasteiger partial charge in [-0.1, -0.05) is 72.8 Å². The Bertz CT molecular complexity index is 742. The lowest BCUT2D eigenvalue weighted by molar-refractivity contribution is 0.174. The highest BCUT2D eigenvalue weighted by atomic mass is 16.5. The Morgan fingerprint density at radius 3 is 2.08 bits per heavy atom. The van der Waals surface area contributed by atoms with Crippen LogP contribution in [0.3, 0.4) is 0 Å². The molecule has 0 aliphatic carbocycles. The van der Waals surface area contributed by atoms with Crippen molar-refractivity contribution in [2.75, 3.05) is 6.54 Å². The van der Waals surface area contributed by atoms with Gasteiger partial charge in [-0.3, -0.25) is 0 Å². The number of benzene rings is 3. The maximum atomic E-state index is 10.1. The van der Waals surface area contributed by atoms with Crippen LogP contribution in [0.15, 0.2) is 84.9 Å². The average molecular weight is 333 g/mol. The van der Waals surface area contributed by atoms with Crippen LogP contribution in [0.1, 0.15) is 22.8 Å². The molecule has 0 aromatic heterocycles. The normalized spacial score (nSPS) is 11.9. The molecule has 0 bridgehead atoms. The van der Waals surface area contributed by atoms with Gasteiger partial charge in [-0.2, -0.15) is 0 Å². The molecule has 2 N–H and O–H groups in total. The van der Waals surface area contributed by atoms with Crippen LogP contribution in [0.5, 0.6) is 5.75 Å². The van der Waals surface area contributed by atoms with E-state index in [1.165, 1.54) is 0 Å². The third kappa shape index (κ3) is 5.45. The minimum Gasteiger partial charge on any atom is -0.489 e. The zero-order chi connectivity index (χ0) is 17.3. The van der Waals surface area contributed by atoms with E-state index < -0.39 is 6.10 Å². The number of ether oxygens (including phenoxy) is 1. The molecule has 0 amide bonds. The Kier molecular flexibility index (Phi) is 6.21. The molecule has 3 heteroatoms. The van der Waals surface area contributed by atoms with Gasteiger partial charge in [0.15, 0.2) is 0 Å². The minimum atomic E-state index is -0.491. The van der Waals surface area contributed by atoms with Crippen molar-refractivity contribution in [3.8, 4) is 5.75 Å². The standard InChI is InChI=1S/C22H23NO2/c24-22(20-9-5-2-6-10-20)16-23-15-18-11-13-21(14-12-18)25-17-19-7-3-1-4-8-19/h1-14,22-24H,15-17H2/t22-/m0/s1. The molecule has 3 aromatic rings. The highest BCUT2D eigenvalue weighted by Crippen LogP contribution is 2.15. The third-order valence-corrected chi connectivity index (χ3v) is 4.02. The van der Waals surface area contributed by atoms with E-state index in [9.17, 15) is 5.11 Å². The lowest BCUT2D eigenvalue weighted by Crippen LogP contribution is -2.20. The number of rotatable bonds is 8. The van der Waals surface area contributed by atoms with Gasteiger partial charge < -0.3 is 15.2 Å². The van der Waals surface area contributed by atoms with Crippen molar-refractivity contribution in [2.45, 2.75) is 19.3 Å². The van der Waals surface area contributed by atoms with E-state index in [0.29, 0.717) is 19.7 Å². The minimum absolute atomic E-state index is 0.491. The molecule has 0 aliphatic rings. The summed E-state index contributed by atoms with van der Waals surface area (Å²) in [4.78, 5) is 0. The van der Waals surface area contributed by atoms with Gasteiger partial charge in [0.1, 0.15) is 12.4 Å². The van der Waals surface area contributed by atoms with Gasteiger partial charge in [0.2, 0.25) is 0 Å². The first-order chi connectivity index (χ1) is 12.3. The van der Waals surface area contributed by atoms with E-state index in [1.807, 2.05) is 72.8 Å². The second kappa shape index (κ2) is 9.02. The second-order valence-corrected chi connectivity index (χ2v) is 5.98. The van der Waals surface area contributed by atoms with Crippen LogP contribution in [-0.4, -0.2) is 11.7 Å². The van der Waals surface area contributed by atoms with Crippen LogP contribution >= 0.6 is 0 Å². The molecule has 0 saturated carbocycles. The summed E-state index contributed by atoms with van der Waals surface area (Å²) in [6, 6.07) is 27.9. The van der Waals surface area contributed by atoms with Crippen molar-refractivity contribution >= 4 is 0 Å². The van der Waals surface area contributed by atoms with Crippen LogP contribution in [0.4, 0.5) is 0 Å². The van der Waals surface area contributed by atoms with Crippen molar-refractivity contribution in [3.63, 3.8) is 0 Å². The quantitative estimate of drug-likeness (QED) is 0.652. The van der Waals surface area contributed by atoms with Crippen molar-refractivity contribution in [1.82, 2.24) is 5.32 Å². The predicted octanol–water partition coefficient (Wildman–Crippen LogP) is 4.09. The van der Waals surface area contributed by atoms with Crippen LogP contribution in [0.2, 0.25) is 0 Å². The molecule has 25 heavy (non-hydrogen) atoms. The van der Waals surface area contributed by atoms with Crippen molar-refractivity contribution in [2.24, 2.45) is 0 Å². The molecule has 0 saturated heterocycles. The summed E-state index contributed by atoms with van der Waals surface area (Å²) in [6.07, 6.45) is -0.491. The molecule has 3 aromatic carbocycles. The zero-order valence-corrected chi connectivity index (χ0v) is 14.1. The van der Waals surface area contributed by atoms with Gasteiger partial charge in [0, 0.05) is 13.1 Å². The molecule has 3 nitrogen and oxygen atoms in total. The van der Waals surface area contributed by atoms with Crippen LogP contribution in [0, 0.1) is 0 Å². The van der Waals surface area contributed by atoms with E-state index in [4.69, 9.17) is 4.74 Å². The molecular weight excluding hydrogens is 310 g/mol. The summed E-state index contributed by atoms with van der Waals surface area (Å²) in [6.45, 7) is 1.81. The van der Waals surface area contributed by atoms with E-state index >= 15 is 0 Å². The van der Waals surface area contributed by atoms with Crippen molar-refractivity contribution in [3.05, 3.63) is 102 Å². The van der Waals surface area contributed by atoms with Gasteiger partial charge in [-0.05, 0) is 28.8 Å². The van der Waals surface area contributed by atoms with Gasteiger partial charge in [-0.25, -0.2) is 0 Å². The maximum Gasteiger partial charge on any atom is 0.119 e. The third-order valence-electron chi connectivity index (χ3n) is 4.02. The van der Waals surface area contributed by atoms with E-state index in [-0.39, 0.29) is 0 Å². The first-order valence-corrected chi connectivity index (χ1v) is 8.50. The zero-order valence-electron chi connectivity index (χ0n) is 14.1. The summed E-state index contributed by atoms with van der Waals surface area (Å²) < 4.78 is 5.79. The van der Waals surface area contributed by atoms with E-state index in [1.54, 1.807) is 0 Å². The lowest BCUT2D eigenvalue weighted by Gasteiger charge is -2.12. The first-order valence-electron chi connectivity index (χ1n) is 8.50. The number of aliphatic hydroxyl groups excluding tert-OH is 1. The highest BCUT2D eigenvalue weighted by molar-refractivity contribution is 5.28. The molecule has 0 heterocycles. The fourth-order valence-corrected chi connectivity index (χ4v) is 2.59. The van der Waals surface area contributed by atoms with Gasteiger partial charge >= 0.3 is 0 Å². The molecule has 0 aliphatic heterocycles. The largest absolute Gasteiger partial charge is 0.489 e. The van der Waals surface area contributed by atoms with Crippen LogP contribution < -0.4 is 10.1 Å². The lowest BCUT2D eigenvalue weighted by atomic mass is 10.1. The number of aliphatic hydroxyl groups is 1. The Morgan fingerprint density at radius 1 is 0.760 bits per heavy atom. The van der Waals surface area contributed by atoms with Crippen LogP contribution in [0.25, 0.3) is 0 Å². The monoisotopic (exact) mass is 333 g/mol. The van der Waals surface area contributed by atoms with Crippen LogP contribution in [-0.2, 0) is 13.2 Å². The molecule has 3 rings (SSSR count). The smallest absolute Gasteiger partial charge is 0.119 e. The molecule has 128 valence electrons. The Hall–Kier alpha value is -2.62. The predicted molar refractivity (Wildman–Crippen MR) is 100 cm³/mol. The second-order valence-electron chi connectivity index (χ2n) is 5.98. The summed E-state index contributed by atoms with van der Waals surface area (Å²) in [5.41, 5.74) is 3.25. The Balaban J connectivity index is 1.43. The summed E-state index contributed by atoms with van der Waals surface area (Å²) in [5.74, 6) is 0.858. The number of hydrogen-bond acceptors (Lipinski definition) is 3. The topological polar surface area (TPSA) is 41.5 Å². The Morgan fingerprint density at radius 2 is 1.40 bits per heavy atom. The summed E-state index contributed by atoms with van der Waals surface area (Å²) >= 11 is 0.